The van der Waals surface area contributed by atoms with Crippen molar-refractivity contribution in [3.05, 3.63) is 58.6 Å². The zero-order valence-electron chi connectivity index (χ0n) is 7.37. The molecule has 0 fully saturated rings. The van der Waals surface area contributed by atoms with Gasteiger partial charge in [-0.15, -0.1) is 0 Å². The fourth-order valence-electron chi connectivity index (χ4n) is 1.34. The molecular weight excluding hydrogens is 215 g/mol. The van der Waals surface area contributed by atoms with Crippen LogP contribution in [0.5, 0.6) is 0 Å². The summed E-state index contributed by atoms with van der Waals surface area (Å²) in [6.07, 6.45) is 0. The van der Waals surface area contributed by atoms with Crippen LogP contribution in [0.3, 0.4) is 0 Å². The molecule has 14 heavy (non-hydrogen) atoms. The van der Waals surface area contributed by atoms with Crippen LogP contribution in [0.2, 0.25) is 10.0 Å². The second-order valence-electron chi connectivity index (χ2n) is 2.99. The molecule has 0 amide bonds. The standard InChI is InChI=1S/C12H8Cl2/c13-10-6-7-12(14)11(8-10)9-4-2-1-3-5-9/h1-8H. The van der Waals surface area contributed by atoms with E-state index < -0.39 is 0 Å². The van der Waals surface area contributed by atoms with E-state index in [2.05, 4.69) is 0 Å². The fourth-order valence-corrected chi connectivity index (χ4v) is 1.74. The van der Waals surface area contributed by atoms with Crippen molar-refractivity contribution in [2.75, 3.05) is 0 Å². The summed E-state index contributed by atoms with van der Waals surface area (Å²) >= 11 is 12.0. The van der Waals surface area contributed by atoms with Gasteiger partial charge in [-0.25, -0.2) is 0 Å². The van der Waals surface area contributed by atoms with Gasteiger partial charge in [-0.1, -0.05) is 53.5 Å². The number of hydrogen-bond acceptors (Lipinski definition) is 0. The molecule has 2 aromatic rings. The van der Waals surface area contributed by atoms with Gasteiger partial charge in [-0.2, -0.15) is 0 Å². The highest BCUT2D eigenvalue weighted by Gasteiger charge is 2.02. The molecule has 0 saturated heterocycles. The molecule has 2 heteroatoms. The molecule has 0 unspecified atom stereocenters. The topological polar surface area (TPSA) is 0 Å². The molecule has 2 rings (SSSR count). The Morgan fingerprint density at radius 2 is 1.50 bits per heavy atom. The summed E-state index contributed by atoms with van der Waals surface area (Å²) in [5, 5.41) is 1.42. The minimum absolute atomic E-state index is 0.702. The van der Waals surface area contributed by atoms with Gasteiger partial charge in [-0.3, -0.25) is 0 Å². The number of benzene rings is 2. The predicted molar refractivity (Wildman–Crippen MR) is 61.9 cm³/mol. The lowest BCUT2D eigenvalue weighted by atomic mass is 10.1. The highest BCUT2D eigenvalue weighted by molar-refractivity contribution is 6.35. The molecule has 0 N–H and O–H groups in total. The second-order valence-corrected chi connectivity index (χ2v) is 3.83. The Hall–Kier alpha value is -0.980. The van der Waals surface area contributed by atoms with Gasteiger partial charge in [0, 0.05) is 15.6 Å². The first-order valence-electron chi connectivity index (χ1n) is 4.28. The summed E-state index contributed by atoms with van der Waals surface area (Å²) in [5.74, 6) is 0. The maximum absolute atomic E-state index is 6.07. The van der Waals surface area contributed by atoms with Crippen molar-refractivity contribution < 1.29 is 0 Å². The van der Waals surface area contributed by atoms with Crippen LogP contribution in [0.15, 0.2) is 48.5 Å². The molecule has 0 heterocycles. The number of rotatable bonds is 1. The smallest absolute Gasteiger partial charge is 0.0485 e. The maximum atomic E-state index is 6.07. The van der Waals surface area contributed by atoms with E-state index in [1.165, 1.54) is 0 Å². The third kappa shape index (κ3) is 1.92. The Balaban J connectivity index is 2.57. The van der Waals surface area contributed by atoms with Crippen molar-refractivity contribution >= 4 is 23.2 Å². The first kappa shape index (κ1) is 9.57. The SMILES string of the molecule is Clc1ccc(Cl)c(-c2ccccc2)c1. The van der Waals surface area contributed by atoms with E-state index in [-0.39, 0.29) is 0 Å². The summed E-state index contributed by atoms with van der Waals surface area (Å²) in [6, 6.07) is 15.4. The van der Waals surface area contributed by atoms with Crippen LogP contribution >= 0.6 is 23.2 Å². The van der Waals surface area contributed by atoms with Crippen LogP contribution in [-0.2, 0) is 0 Å². The molecule has 0 aromatic heterocycles. The molecular formula is C12H8Cl2. The second kappa shape index (κ2) is 4.04. The van der Waals surface area contributed by atoms with E-state index in [0.29, 0.717) is 5.02 Å². The van der Waals surface area contributed by atoms with Crippen LogP contribution in [0.4, 0.5) is 0 Å². The monoisotopic (exact) mass is 222 g/mol. The van der Waals surface area contributed by atoms with Crippen LogP contribution in [-0.4, -0.2) is 0 Å². The Morgan fingerprint density at radius 3 is 2.21 bits per heavy atom. The maximum Gasteiger partial charge on any atom is 0.0485 e. The lowest BCUT2D eigenvalue weighted by Crippen LogP contribution is -1.78. The molecule has 0 bridgehead atoms. The summed E-state index contributed by atoms with van der Waals surface area (Å²) in [4.78, 5) is 0. The van der Waals surface area contributed by atoms with Crippen molar-refractivity contribution in [2.24, 2.45) is 0 Å². The highest BCUT2D eigenvalue weighted by atomic mass is 35.5. The van der Waals surface area contributed by atoms with Gasteiger partial charge in [0.05, 0.1) is 0 Å². The van der Waals surface area contributed by atoms with Gasteiger partial charge >= 0.3 is 0 Å². The number of hydrogen-bond donors (Lipinski definition) is 0. The van der Waals surface area contributed by atoms with Crippen molar-refractivity contribution in [2.45, 2.75) is 0 Å². The van der Waals surface area contributed by atoms with Crippen molar-refractivity contribution in [3.8, 4) is 11.1 Å². The molecule has 70 valence electrons. The quantitative estimate of drug-likeness (QED) is 0.659. The normalized spacial score (nSPS) is 10.1. The van der Waals surface area contributed by atoms with Gasteiger partial charge in [0.1, 0.15) is 0 Å². The van der Waals surface area contributed by atoms with Crippen molar-refractivity contribution in [3.63, 3.8) is 0 Å². The molecule has 0 saturated carbocycles. The van der Waals surface area contributed by atoms with Gasteiger partial charge < -0.3 is 0 Å². The Bertz CT molecular complexity index is 435. The third-order valence-corrected chi connectivity index (χ3v) is 2.58. The van der Waals surface area contributed by atoms with Crippen LogP contribution < -0.4 is 0 Å². The lowest BCUT2D eigenvalue weighted by Gasteiger charge is -2.04. The number of halogens is 2. The largest absolute Gasteiger partial charge is 0.0843 e. The fraction of sp³-hybridized carbons (Fsp3) is 0. The summed E-state index contributed by atoms with van der Waals surface area (Å²) in [5.41, 5.74) is 2.06. The molecule has 0 aliphatic carbocycles. The van der Waals surface area contributed by atoms with Gasteiger partial charge in [-0.05, 0) is 23.8 Å². The first-order valence-corrected chi connectivity index (χ1v) is 5.03. The average Bonchev–Trinajstić information content (AvgIpc) is 2.23. The molecule has 0 aliphatic heterocycles. The average molecular weight is 223 g/mol. The highest BCUT2D eigenvalue weighted by Crippen LogP contribution is 2.29. The zero-order chi connectivity index (χ0) is 9.97. The van der Waals surface area contributed by atoms with E-state index in [1.807, 2.05) is 42.5 Å². The van der Waals surface area contributed by atoms with Gasteiger partial charge in [0.15, 0.2) is 0 Å². The Labute approximate surface area is 93.1 Å². The molecule has 0 spiro atoms. The first-order chi connectivity index (χ1) is 6.77. The van der Waals surface area contributed by atoms with Gasteiger partial charge in [0.2, 0.25) is 0 Å². The van der Waals surface area contributed by atoms with E-state index >= 15 is 0 Å². The lowest BCUT2D eigenvalue weighted by molar-refractivity contribution is 1.62. The molecule has 0 radical (unpaired) electrons. The minimum atomic E-state index is 0.702. The molecule has 0 atom stereocenters. The van der Waals surface area contributed by atoms with E-state index in [1.54, 1.807) is 6.07 Å². The third-order valence-electron chi connectivity index (χ3n) is 2.01. The molecule has 0 aliphatic rings. The van der Waals surface area contributed by atoms with Crippen LogP contribution in [0, 0.1) is 0 Å². The van der Waals surface area contributed by atoms with Crippen molar-refractivity contribution in [1.82, 2.24) is 0 Å². The van der Waals surface area contributed by atoms with Gasteiger partial charge in [0.25, 0.3) is 0 Å². The minimum Gasteiger partial charge on any atom is -0.0843 e. The van der Waals surface area contributed by atoms with Crippen LogP contribution in [0.25, 0.3) is 11.1 Å². The van der Waals surface area contributed by atoms with Crippen LogP contribution in [0.1, 0.15) is 0 Å². The van der Waals surface area contributed by atoms with E-state index in [4.69, 9.17) is 23.2 Å². The Kier molecular flexibility index (Phi) is 2.76. The predicted octanol–water partition coefficient (Wildman–Crippen LogP) is 4.66. The zero-order valence-corrected chi connectivity index (χ0v) is 8.89. The van der Waals surface area contributed by atoms with E-state index in [0.717, 1.165) is 16.1 Å². The Morgan fingerprint density at radius 1 is 0.786 bits per heavy atom. The van der Waals surface area contributed by atoms with E-state index in [9.17, 15) is 0 Å². The summed E-state index contributed by atoms with van der Waals surface area (Å²) in [6.45, 7) is 0. The summed E-state index contributed by atoms with van der Waals surface area (Å²) in [7, 11) is 0. The molecule has 2 aromatic carbocycles. The summed E-state index contributed by atoms with van der Waals surface area (Å²) < 4.78 is 0. The molecule has 0 nitrogen and oxygen atoms in total. The van der Waals surface area contributed by atoms with Crippen molar-refractivity contribution in [1.29, 1.82) is 0 Å².